The van der Waals surface area contributed by atoms with Crippen molar-refractivity contribution in [3.63, 3.8) is 0 Å². The Hall–Kier alpha value is -0.800. The van der Waals surface area contributed by atoms with Gasteiger partial charge >= 0.3 is 0 Å². The lowest BCUT2D eigenvalue weighted by Gasteiger charge is -2.02. The zero-order valence-corrected chi connectivity index (χ0v) is 8.60. The van der Waals surface area contributed by atoms with Gasteiger partial charge in [0.25, 0.3) is 0 Å². The molecular formula is C9H16ClN3. The van der Waals surface area contributed by atoms with E-state index in [0.29, 0.717) is 12.4 Å². The monoisotopic (exact) mass is 201 g/mol. The van der Waals surface area contributed by atoms with Crippen LogP contribution in [0, 0.1) is 6.92 Å². The molecule has 4 N–H and O–H groups in total. The molecule has 0 aliphatic rings. The highest BCUT2D eigenvalue weighted by molar-refractivity contribution is 5.85. The molecule has 0 atom stereocenters. The van der Waals surface area contributed by atoms with Crippen LogP contribution in [0.25, 0.3) is 0 Å². The predicted molar refractivity (Wildman–Crippen MR) is 58.0 cm³/mol. The van der Waals surface area contributed by atoms with Gasteiger partial charge in [0.2, 0.25) is 0 Å². The molecule has 1 aromatic rings. The van der Waals surface area contributed by atoms with Gasteiger partial charge in [0.05, 0.1) is 0 Å². The first kappa shape index (κ1) is 12.2. The highest BCUT2D eigenvalue weighted by Crippen LogP contribution is 2.07. The second-order valence-electron chi connectivity index (χ2n) is 2.95. The number of hydrogen-bond donors (Lipinski definition) is 2. The van der Waals surface area contributed by atoms with Gasteiger partial charge in [-0.15, -0.1) is 12.4 Å². The van der Waals surface area contributed by atoms with E-state index in [-0.39, 0.29) is 12.4 Å². The third kappa shape index (κ3) is 4.10. The third-order valence-corrected chi connectivity index (χ3v) is 1.68. The molecule has 4 heteroatoms. The number of aromatic nitrogens is 1. The summed E-state index contributed by atoms with van der Waals surface area (Å²) in [6, 6.07) is 3.91. The van der Waals surface area contributed by atoms with Crippen LogP contribution in [-0.4, -0.2) is 11.5 Å². The molecule has 0 aliphatic carbocycles. The molecule has 0 amide bonds. The molecule has 0 radical (unpaired) electrons. The van der Waals surface area contributed by atoms with Crippen LogP contribution < -0.4 is 11.5 Å². The van der Waals surface area contributed by atoms with Crippen molar-refractivity contribution in [1.82, 2.24) is 4.98 Å². The van der Waals surface area contributed by atoms with Gasteiger partial charge in [0, 0.05) is 5.69 Å². The van der Waals surface area contributed by atoms with E-state index in [9.17, 15) is 0 Å². The molecular weight excluding hydrogens is 186 g/mol. The Morgan fingerprint density at radius 2 is 2.08 bits per heavy atom. The number of halogens is 1. The molecule has 0 saturated heterocycles. The lowest BCUT2D eigenvalue weighted by atomic mass is 10.2. The smallest absolute Gasteiger partial charge is 0.123 e. The number of nitrogen functional groups attached to an aromatic ring is 1. The molecule has 0 saturated carbocycles. The molecule has 1 rings (SSSR count). The van der Waals surface area contributed by atoms with Crippen LogP contribution in [-0.2, 0) is 6.42 Å². The Morgan fingerprint density at radius 1 is 1.38 bits per heavy atom. The quantitative estimate of drug-likeness (QED) is 0.775. The topological polar surface area (TPSA) is 64.9 Å². The van der Waals surface area contributed by atoms with Crippen LogP contribution in [0.2, 0.25) is 0 Å². The third-order valence-electron chi connectivity index (χ3n) is 1.68. The standard InChI is InChI=1S/C9H15N3.ClH/c1-7-5-8(3-2-4-10)12-9(11)6-7;/h5-6H,2-4,10H2,1H3,(H2,11,12);1H. The summed E-state index contributed by atoms with van der Waals surface area (Å²) in [5.41, 5.74) is 13.2. The van der Waals surface area contributed by atoms with E-state index in [1.807, 2.05) is 19.1 Å². The number of nitrogens with two attached hydrogens (primary N) is 2. The second kappa shape index (κ2) is 5.78. The molecule has 13 heavy (non-hydrogen) atoms. The van der Waals surface area contributed by atoms with Gasteiger partial charge in [0.1, 0.15) is 5.82 Å². The van der Waals surface area contributed by atoms with E-state index in [0.717, 1.165) is 24.1 Å². The fraction of sp³-hybridized carbons (Fsp3) is 0.444. The minimum Gasteiger partial charge on any atom is -0.384 e. The Bertz CT molecular complexity index is 243. The lowest BCUT2D eigenvalue weighted by molar-refractivity contribution is 0.810. The number of aryl methyl sites for hydroxylation is 2. The van der Waals surface area contributed by atoms with Crippen LogP contribution in [0.3, 0.4) is 0 Å². The van der Waals surface area contributed by atoms with Crippen molar-refractivity contribution < 1.29 is 0 Å². The fourth-order valence-electron chi connectivity index (χ4n) is 1.18. The molecule has 1 aromatic heterocycles. The summed E-state index contributed by atoms with van der Waals surface area (Å²) in [6.45, 7) is 2.72. The lowest BCUT2D eigenvalue weighted by Crippen LogP contribution is -2.03. The molecule has 1 heterocycles. The van der Waals surface area contributed by atoms with Gasteiger partial charge in [-0.3, -0.25) is 0 Å². The SMILES string of the molecule is Cc1cc(N)nc(CCCN)c1.Cl. The maximum atomic E-state index is 5.59. The average Bonchev–Trinajstić information content (AvgIpc) is 1.99. The van der Waals surface area contributed by atoms with Crippen molar-refractivity contribution in [2.45, 2.75) is 19.8 Å². The van der Waals surface area contributed by atoms with Gasteiger partial charge in [-0.1, -0.05) is 0 Å². The molecule has 0 fully saturated rings. The maximum Gasteiger partial charge on any atom is 0.123 e. The molecule has 74 valence electrons. The summed E-state index contributed by atoms with van der Waals surface area (Å²) < 4.78 is 0. The average molecular weight is 202 g/mol. The van der Waals surface area contributed by atoms with E-state index in [1.54, 1.807) is 0 Å². The number of nitrogens with zero attached hydrogens (tertiary/aromatic N) is 1. The van der Waals surface area contributed by atoms with Gasteiger partial charge < -0.3 is 11.5 Å². The Kier molecular flexibility index (Phi) is 5.42. The zero-order valence-electron chi connectivity index (χ0n) is 7.79. The van der Waals surface area contributed by atoms with Crippen molar-refractivity contribution in [2.24, 2.45) is 5.73 Å². The van der Waals surface area contributed by atoms with Gasteiger partial charge in [-0.25, -0.2) is 4.98 Å². The molecule has 0 unspecified atom stereocenters. The molecule has 3 nitrogen and oxygen atoms in total. The van der Waals surface area contributed by atoms with E-state index in [2.05, 4.69) is 4.98 Å². The van der Waals surface area contributed by atoms with Crippen LogP contribution in [0.1, 0.15) is 17.7 Å². The fourth-order valence-corrected chi connectivity index (χ4v) is 1.18. The summed E-state index contributed by atoms with van der Waals surface area (Å²) in [4.78, 5) is 4.19. The Balaban J connectivity index is 0.00000144. The van der Waals surface area contributed by atoms with Gasteiger partial charge in [0.15, 0.2) is 0 Å². The van der Waals surface area contributed by atoms with Crippen molar-refractivity contribution >= 4 is 18.2 Å². The number of pyridine rings is 1. The van der Waals surface area contributed by atoms with Crippen LogP contribution in [0.5, 0.6) is 0 Å². The summed E-state index contributed by atoms with van der Waals surface area (Å²) in [5, 5.41) is 0. The first-order valence-electron chi connectivity index (χ1n) is 4.15. The van der Waals surface area contributed by atoms with Crippen LogP contribution in [0.4, 0.5) is 5.82 Å². The van der Waals surface area contributed by atoms with E-state index >= 15 is 0 Å². The summed E-state index contributed by atoms with van der Waals surface area (Å²) in [6.07, 6.45) is 1.89. The van der Waals surface area contributed by atoms with Crippen molar-refractivity contribution in [1.29, 1.82) is 0 Å². The van der Waals surface area contributed by atoms with E-state index < -0.39 is 0 Å². The number of hydrogen-bond acceptors (Lipinski definition) is 3. The van der Waals surface area contributed by atoms with Crippen molar-refractivity contribution in [2.75, 3.05) is 12.3 Å². The minimum absolute atomic E-state index is 0. The summed E-state index contributed by atoms with van der Waals surface area (Å²) in [5.74, 6) is 0.599. The highest BCUT2D eigenvalue weighted by atomic mass is 35.5. The molecule has 0 aliphatic heterocycles. The van der Waals surface area contributed by atoms with Gasteiger partial charge in [-0.2, -0.15) is 0 Å². The van der Waals surface area contributed by atoms with Crippen LogP contribution in [0.15, 0.2) is 12.1 Å². The largest absolute Gasteiger partial charge is 0.384 e. The molecule has 0 aromatic carbocycles. The normalized spacial score (nSPS) is 9.38. The van der Waals surface area contributed by atoms with E-state index in [1.165, 1.54) is 0 Å². The molecule has 0 spiro atoms. The van der Waals surface area contributed by atoms with Crippen LogP contribution >= 0.6 is 12.4 Å². The molecule has 0 bridgehead atoms. The van der Waals surface area contributed by atoms with Crippen molar-refractivity contribution in [3.8, 4) is 0 Å². The van der Waals surface area contributed by atoms with Crippen molar-refractivity contribution in [3.05, 3.63) is 23.4 Å². The highest BCUT2D eigenvalue weighted by Gasteiger charge is 1.96. The number of anilines is 1. The second-order valence-corrected chi connectivity index (χ2v) is 2.95. The maximum absolute atomic E-state index is 5.59. The van der Waals surface area contributed by atoms with E-state index in [4.69, 9.17) is 11.5 Å². The zero-order chi connectivity index (χ0) is 8.97. The van der Waals surface area contributed by atoms with Gasteiger partial charge in [-0.05, 0) is 44.0 Å². The summed E-state index contributed by atoms with van der Waals surface area (Å²) >= 11 is 0. The number of rotatable bonds is 3. The predicted octanol–water partition coefficient (Wildman–Crippen LogP) is 1.29. The Morgan fingerprint density at radius 3 is 2.62 bits per heavy atom. The minimum atomic E-state index is 0. The summed E-state index contributed by atoms with van der Waals surface area (Å²) in [7, 11) is 0. The first-order valence-corrected chi connectivity index (χ1v) is 4.15. The first-order chi connectivity index (χ1) is 5.72. The Labute approximate surface area is 84.9 Å².